The van der Waals surface area contributed by atoms with Gasteiger partial charge in [0.1, 0.15) is 36.6 Å². The Bertz CT molecular complexity index is 2710. The van der Waals surface area contributed by atoms with Crippen LogP contribution in [0.2, 0.25) is 0 Å². The Kier molecular flexibility index (Phi) is 17.9. The van der Waals surface area contributed by atoms with Gasteiger partial charge in [0.15, 0.2) is 56.7 Å². The molecule has 4 aromatic heterocycles. The molecular weight excluding hydrogens is 1130 g/mol. The van der Waals surface area contributed by atoms with Crippen LogP contribution in [0.5, 0.6) is 0 Å². The topological polar surface area (TPSA) is 363 Å². The Labute approximate surface area is 406 Å². The van der Waals surface area contributed by atoms with Crippen molar-refractivity contribution in [2.24, 2.45) is 0 Å². The molecule has 6 heterocycles. The maximum Gasteiger partial charge on any atom is 0.398 e. The quantitative estimate of drug-likeness (QED) is 0.0188. The molecule has 0 radical (unpaired) electrons. The van der Waals surface area contributed by atoms with Gasteiger partial charge in [-0.05, 0) is 23.6 Å². The number of aliphatic hydroxyl groups excluding tert-OH is 4. The van der Waals surface area contributed by atoms with E-state index in [9.17, 15) is 75.5 Å². The largest absolute Gasteiger partial charge is 0.398 e. The molecule has 0 spiro atoms. The number of thioether (sulfide) groups is 2. The Hall–Kier alpha value is -1.53. The van der Waals surface area contributed by atoms with Gasteiger partial charge >= 0.3 is 41.0 Å². The van der Waals surface area contributed by atoms with E-state index in [2.05, 4.69) is 49.2 Å². The standard InChI is InChI=1S/C28H37ClF6N10O16P4S4/c1-36-18-12-20(42-25(40-18)68-4-3-27(30,31)32)44(8-38-12)22-16(48)14(46)10(58-22)5-56-64(54,66)60-62(50,51)24(29)63(52,53)61-65(55,67)57-6-11-15(47)17(49)23(59-11)45-9-39-13-19(37-2)41-26(43-21(13)45)69-7-28(33,34)35/h8-11,14-17,22-24,46-49H,3-7H2,1-2H3,(H,50,51)(H,52,53)(H,54,66)(H,55,67)(H,36,40,42)(H,37,41,43)/t10-,11-,14-,15-,16-,17-,22-,23-,24?,64?,65?/m1/s1. The van der Waals surface area contributed by atoms with Gasteiger partial charge < -0.3 is 69.2 Å². The summed E-state index contributed by atoms with van der Waals surface area (Å²) in [5.74, 6) is -1.69. The molecule has 69 heavy (non-hydrogen) atoms. The highest BCUT2D eigenvalue weighted by atomic mass is 35.5. The van der Waals surface area contributed by atoms with Crippen LogP contribution in [0.25, 0.3) is 22.3 Å². The molecule has 0 aromatic carbocycles. The second kappa shape index (κ2) is 21.7. The normalized spacial score (nSPS) is 27.5. The maximum absolute atomic E-state index is 13.1. The Balaban J connectivity index is 1.05. The van der Waals surface area contributed by atoms with E-state index in [1.54, 1.807) is 0 Å². The molecule has 13 atom stereocenters. The Morgan fingerprint density at radius 1 is 0.725 bits per heavy atom. The fourth-order valence-electron chi connectivity index (χ4n) is 6.18. The lowest BCUT2D eigenvalue weighted by atomic mass is 10.1. The molecule has 2 aliphatic rings. The van der Waals surface area contributed by atoms with Gasteiger partial charge in [-0.3, -0.25) is 18.3 Å². The third-order valence-electron chi connectivity index (χ3n) is 9.26. The first-order valence-electron chi connectivity index (χ1n) is 18.8. The summed E-state index contributed by atoms with van der Waals surface area (Å²) in [4.78, 5) is 63.9. The summed E-state index contributed by atoms with van der Waals surface area (Å²) >= 11 is 16.2. The van der Waals surface area contributed by atoms with Crippen LogP contribution in [0.15, 0.2) is 23.0 Å². The van der Waals surface area contributed by atoms with Gasteiger partial charge in [-0.25, -0.2) is 38.5 Å². The lowest BCUT2D eigenvalue weighted by molar-refractivity contribution is -0.129. The van der Waals surface area contributed by atoms with Gasteiger partial charge in [-0.2, -0.15) is 26.3 Å². The van der Waals surface area contributed by atoms with Gasteiger partial charge in [0.2, 0.25) is 4.86 Å². The first kappa shape index (κ1) is 56.8. The van der Waals surface area contributed by atoms with Crippen molar-refractivity contribution in [3.05, 3.63) is 12.7 Å². The molecule has 10 N–H and O–H groups in total. The Morgan fingerprint density at radius 3 is 1.51 bits per heavy atom. The van der Waals surface area contributed by atoms with Crippen LogP contribution in [0.4, 0.5) is 38.0 Å². The predicted molar refractivity (Wildman–Crippen MR) is 236 cm³/mol. The van der Waals surface area contributed by atoms with Gasteiger partial charge in [0.05, 0.1) is 38.0 Å². The number of nitrogens with zero attached hydrogens (tertiary/aromatic N) is 8. The van der Waals surface area contributed by atoms with Crippen molar-refractivity contribution in [2.75, 3.05) is 49.4 Å². The number of halogens is 7. The summed E-state index contributed by atoms with van der Waals surface area (Å²) < 4.78 is 136. The minimum atomic E-state index is -5.88. The van der Waals surface area contributed by atoms with Crippen LogP contribution in [-0.4, -0.2) is 172 Å². The van der Waals surface area contributed by atoms with E-state index in [1.165, 1.54) is 14.1 Å². The minimum Gasteiger partial charge on any atom is -0.387 e. The van der Waals surface area contributed by atoms with E-state index in [0.717, 1.165) is 21.8 Å². The van der Waals surface area contributed by atoms with Crippen LogP contribution < -0.4 is 10.6 Å². The summed E-state index contributed by atoms with van der Waals surface area (Å²) in [7, 11) is -8.90. The highest BCUT2D eigenvalue weighted by molar-refractivity contribution is 8.09. The summed E-state index contributed by atoms with van der Waals surface area (Å²) in [5.41, 5.74) is -0.0880. The van der Waals surface area contributed by atoms with Gasteiger partial charge in [-0.15, -0.1) is 0 Å². The van der Waals surface area contributed by atoms with Crippen molar-refractivity contribution < 1.29 is 103 Å². The molecule has 0 aliphatic carbocycles. The van der Waals surface area contributed by atoms with Crippen molar-refractivity contribution in [2.45, 2.75) is 83.0 Å². The molecule has 0 amide bonds. The molecule has 0 bridgehead atoms. The molecule has 0 saturated carbocycles. The van der Waals surface area contributed by atoms with E-state index in [0.29, 0.717) is 11.8 Å². The first-order valence-corrected chi connectivity index (χ1v) is 29.7. The number of hydrogen-bond donors (Lipinski definition) is 10. The van der Waals surface area contributed by atoms with Crippen LogP contribution in [0.3, 0.4) is 0 Å². The van der Waals surface area contributed by atoms with Crippen LogP contribution in [-0.2, 0) is 59.9 Å². The number of hydrogen-bond acceptors (Lipinski definition) is 24. The van der Waals surface area contributed by atoms with E-state index in [-0.39, 0.29) is 56.0 Å². The van der Waals surface area contributed by atoms with Crippen LogP contribution >= 0.6 is 63.8 Å². The fourth-order valence-corrected chi connectivity index (χ4v) is 16.6. The lowest BCUT2D eigenvalue weighted by Crippen LogP contribution is -2.33. The molecule has 41 heteroatoms. The van der Waals surface area contributed by atoms with Gasteiger partial charge in [0, 0.05) is 19.8 Å². The number of aromatic nitrogens is 8. The lowest BCUT2D eigenvalue weighted by Gasteiger charge is -2.27. The molecule has 4 aromatic rings. The molecule has 2 fully saturated rings. The number of ether oxygens (including phenoxy) is 2. The number of imidazole rings is 2. The average molecular weight is 1170 g/mol. The third kappa shape index (κ3) is 13.8. The van der Waals surface area contributed by atoms with Crippen molar-refractivity contribution in [3.8, 4) is 0 Å². The molecule has 2 saturated heterocycles. The highest BCUT2D eigenvalue weighted by Crippen LogP contribution is 2.76. The number of fused-ring (bicyclic) bond motifs is 2. The zero-order valence-corrected chi connectivity index (χ0v) is 42.0. The van der Waals surface area contributed by atoms with E-state index >= 15 is 0 Å². The summed E-state index contributed by atoms with van der Waals surface area (Å²) in [6, 6.07) is 0. The second-order valence-electron chi connectivity index (χ2n) is 14.2. The zero-order chi connectivity index (χ0) is 51.2. The first-order chi connectivity index (χ1) is 31.9. The minimum absolute atomic E-state index is 0.00216. The second-order valence-corrected chi connectivity index (χ2v) is 27.4. The number of rotatable bonds is 21. The molecular formula is C28H37ClF6N10O16P4S4. The average Bonchev–Trinajstić information content (AvgIpc) is 4.00. The van der Waals surface area contributed by atoms with E-state index in [4.69, 9.17) is 53.7 Å². The molecule has 2 aliphatic heterocycles. The summed E-state index contributed by atoms with van der Waals surface area (Å²) in [5, 5.41) is 48.1. The fraction of sp³-hybridized carbons (Fsp3) is 0.643. The molecule has 5 unspecified atom stereocenters. The van der Waals surface area contributed by atoms with Gasteiger partial charge in [-0.1, -0.05) is 35.1 Å². The van der Waals surface area contributed by atoms with E-state index in [1.807, 2.05) is 0 Å². The van der Waals surface area contributed by atoms with Crippen molar-refractivity contribution in [3.63, 3.8) is 0 Å². The summed E-state index contributed by atoms with van der Waals surface area (Å²) in [6.07, 6.45) is -21.7. The highest BCUT2D eigenvalue weighted by Gasteiger charge is 2.53. The number of alkyl halides is 7. The van der Waals surface area contributed by atoms with Gasteiger partial charge in [0.25, 0.3) is 0 Å². The SMILES string of the molecule is CNc1nc(SCCC(F)(F)F)nc2c1ncn2[C@@H]1O[C@H](COP(O)(=S)OP(=O)(O)C(Cl)P(=O)(O)OP(O)(=S)OC[C@H]2O[C@@H](n3cnc4c(NC)nc(SCC(F)(F)F)nc43)[C@H](O)[C@@H]2O)[C@@H](O)[C@H]1O. The van der Waals surface area contributed by atoms with Crippen LogP contribution in [0.1, 0.15) is 18.9 Å². The maximum atomic E-state index is 13.1. The smallest absolute Gasteiger partial charge is 0.387 e. The predicted octanol–water partition coefficient (Wildman–Crippen LogP) is 3.08. The third-order valence-corrected chi connectivity index (χ3v) is 21.6. The van der Waals surface area contributed by atoms with Crippen molar-refractivity contribution in [1.82, 2.24) is 39.0 Å². The van der Waals surface area contributed by atoms with Crippen molar-refractivity contribution >= 4 is 121 Å². The molecule has 26 nitrogen and oxygen atoms in total. The van der Waals surface area contributed by atoms with E-state index < -0.39 is 126 Å². The van der Waals surface area contributed by atoms with Crippen LogP contribution in [0, 0.1) is 0 Å². The Morgan fingerprint density at radius 2 is 1.13 bits per heavy atom. The summed E-state index contributed by atoms with van der Waals surface area (Å²) in [6.45, 7) is -12.1. The van der Waals surface area contributed by atoms with Crippen molar-refractivity contribution in [1.29, 1.82) is 0 Å². The monoisotopic (exact) mass is 1170 g/mol. The molecule has 388 valence electrons. The number of aliphatic hydroxyl groups is 4. The number of nitrogens with one attached hydrogen (secondary N) is 2. The molecule has 6 rings (SSSR count). The number of anilines is 2. The zero-order valence-electron chi connectivity index (χ0n) is 34.4.